The van der Waals surface area contributed by atoms with E-state index in [1.54, 1.807) is 43.7 Å². The number of hydrazine groups is 1. The summed E-state index contributed by atoms with van der Waals surface area (Å²) in [6, 6.07) is 8.21. The van der Waals surface area contributed by atoms with E-state index in [0.29, 0.717) is 22.3 Å². The molecule has 3 aromatic heterocycles. The number of aromatic nitrogens is 3. The van der Waals surface area contributed by atoms with Gasteiger partial charge in [0.05, 0.1) is 29.2 Å². The summed E-state index contributed by atoms with van der Waals surface area (Å²) < 4.78 is 12.3. The van der Waals surface area contributed by atoms with Crippen LogP contribution in [0.15, 0.2) is 36.8 Å². The summed E-state index contributed by atoms with van der Waals surface area (Å²) in [6.45, 7) is 12.3. The van der Waals surface area contributed by atoms with Crippen LogP contribution in [0.2, 0.25) is 0 Å². The van der Waals surface area contributed by atoms with Crippen molar-refractivity contribution in [2.24, 2.45) is 0 Å². The van der Waals surface area contributed by atoms with Crippen molar-refractivity contribution >= 4 is 29.2 Å². The fraction of sp³-hybridized carbons (Fsp3) is 0.464. The van der Waals surface area contributed by atoms with E-state index in [1.165, 1.54) is 6.20 Å². The van der Waals surface area contributed by atoms with Gasteiger partial charge in [-0.05, 0) is 66.2 Å². The van der Waals surface area contributed by atoms with Crippen molar-refractivity contribution in [2.75, 3.05) is 23.3 Å². The highest BCUT2D eigenvalue weighted by Crippen LogP contribution is 2.34. The van der Waals surface area contributed by atoms with Gasteiger partial charge in [0.15, 0.2) is 0 Å². The van der Waals surface area contributed by atoms with Crippen LogP contribution in [0, 0.1) is 11.3 Å². The van der Waals surface area contributed by atoms with E-state index in [0.717, 1.165) is 30.9 Å². The lowest BCUT2D eigenvalue weighted by Crippen LogP contribution is -2.73. The van der Waals surface area contributed by atoms with E-state index >= 15 is 0 Å². The molecule has 40 heavy (non-hydrogen) atoms. The molecule has 12 nitrogen and oxygen atoms in total. The molecule has 0 aromatic carbocycles. The van der Waals surface area contributed by atoms with E-state index in [9.17, 15) is 14.9 Å². The van der Waals surface area contributed by atoms with Gasteiger partial charge >= 0.3 is 12.2 Å². The number of hydrogen-bond donors (Lipinski definition) is 2. The van der Waals surface area contributed by atoms with E-state index in [4.69, 9.17) is 14.5 Å². The zero-order valence-electron chi connectivity index (χ0n) is 23.6. The summed E-state index contributed by atoms with van der Waals surface area (Å²) in [5, 5.41) is 18.7. The minimum Gasteiger partial charge on any atom is -0.444 e. The quantitative estimate of drug-likeness (QED) is 0.490. The average Bonchev–Trinajstić information content (AvgIpc) is 3.28. The maximum atomic E-state index is 12.4. The largest absolute Gasteiger partial charge is 0.444 e. The number of amides is 2. The predicted octanol–water partition coefficient (Wildman–Crippen LogP) is 4.32. The number of piperazine rings is 1. The zero-order chi connectivity index (χ0) is 28.8. The zero-order valence-corrected chi connectivity index (χ0v) is 23.6. The first-order chi connectivity index (χ1) is 18.8. The van der Waals surface area contributed by atoms with E-state index in [-0.39, 0.29) is 12.1 Å². The highest BCUT2D eigenvalue weighted by atomic mass is 16.6. The van der Waals surface area contributed by atoms with Crippen LogP contribution < -0.4 is 15.6 Å². The Morgan fingerprint density at radius 2 is 1.70 bits per heavy atom. The number of carbonyl (C=O) groups is 2. The van der Waals surface area contributed by atoms with Gasteiger partial charge in [-0.2, -0.15) is 10.4 Å². The molecule has 3 saturated heterocycles. The second-order valence-corrected chi connectivity index (χ2v) is 12.1. The van der Waals surface area contributed by atoms with Gasteiger partial charge in [-0.25, -0.2) is 24.1 Å². The Bertz CT molecular complexity index is 1470. The van der Waals surface area contributed by atoms with Crippen LogP contribution >= 0.6 is 0 Å². The highest BCUT2D eigenvalue weighted by Gasteiger charge is 2.46. The van der Waals surface area contributed by atoms with Gasteiger partial charge < -0.3 is 14.4 Å². The van der Waals surface area contributed by atoms with Gasteiger partial charge in [-0.1, -0.05) is 0 Å². The highest BCUT2D eigenvalue weighted by molar-refractivity contribution is 5.91. The number of piperidine rings is 1. The SMILES string of the molecule is CC(C)(C)OC(=O)Nc1cc(-c2ccc(N3CC4CC(C3)N4NC(=O)OC(C)(C)C)nc2)c2c(C#N)cnn2c1. The fourth-order valence-electron chi connectivity index (χ4n) is 5.03. The molecule has 2 atom stereocenters. The number of carbonyl (C=O) groups excluding carboxylic acids is 2. The fourth-order valence-corrected chi connectivity index (χ4v) is 5.03. The first-order valence-electron chi connectivity index (χ1n) is 13.2. The number of rotatable bonds is 4. The molecule has 210 valence electrons. The topological polar surface area (TPSA) is 137 Å². The summed E-state index contributed by atoms with van der Waals surface area (Å²) in [6.07, 6.45) is 4.87. The Labute approximate surface area is 232 Å². The van der Waals surface area contributed by atoms with Crippen molar-refractivity contribution in [1.82, 2.24) is 25.0 Å². The molecule has 6 rings (SSSR count). The lowest BCUT2D eigenvalue weighted by molar-refractivity contribution is -0.0551. The number of nitrogens with zero attached hydrogens (tertiary/aromatic N) is 6. The molecule has 2 bridgehead atoms. The lowest BCUT2D eigenvalue weighted by Gasteiger charge is -2.55. The molecule has 2 N–H and O–H groups in total. The van der Waals surface area contributed by atoms with Crippen LogP contribution in [0.3, 0.4) is 0 Å². The monoisotopic (exact) mass is 546 g/mol. The summed E-state index contributed by atoms with van der Waals surface area (Å²) in [5.41, 5.74) is 4.67. The van der Waals surface area contributed by atoms with Crippen molar-refractivity contribution < 1.29 is 19.1 Å². The van der Waals surface area contributed by atoms with Gasteiger partial charge in [-0.3, -0.25) is 10.7 Å². The summed E-state index contributed by atoms with van der Waals surface area (Å²) >= 11 is 0. The number of nitrogens with one attached hydrogen (secondary N) is 2. The Morgan fingerprint density at radius 3 is 2.30 bits per heavy atom. The van der Waals surface area contributed by atoms with Crippen LogP contribution in [0.25, 0.3) is 16.6 Å². The smallest absolute Gasteiger partial charge is 0.422 e. The number of ether oxygens (including phenoxy) is 2. The summed E-state index contributed by atoms with van der Waals surface area (Å²) in [4.78, 5) is 31.5. The minimum atomic E-state index is -0.645. The molecule has 12 heteroatoms. The Morgan fingerprint density at radius 1 is 1.02 bits per heavy atom. The van der Waals surface area contributed by atoms with Crippen LogP contribution in [0.5, 0.6) is 0 Å². The number of hydrogen-bond acceptors (Lipinski definition) is 9. The molecule has 3 aromatic rings. The van der Waals surface area contributed by atoms with Crippen LogP contribution in [0.4, 0.5) is 21.1 Å². The lowest BCUT2D eigenvalue weighted by atomic mass is 9.90. The Kier molecular flexibility index (Phi) is 6.79. The maximum Gasteiger partial charge on any atom is 0.422 e. The second-order valence-electron chi connectivity index (χ2n) is 12.1. The average molecular weight is 547 g/mol. The number of nitriles is 1. The van der Waals surface area contributed by atoms with Gasteiger partial charge in [0.1, 0.15) is 23.1 Å². The summed E-state index contributed by atoms with van der Waals surface area (Å²) in [5.74, 6) is 0.823. The molecule has 0 aliphatic carbocycles. The van der Waals surface area contributed by atoms with Crippen molar-refractivity contribution in [3.63, 3.8) is 0 Å². The molecule has 2 amide bonds. The van der Waals surface area contributed by atoms with Gasteiger partial charge in [0.25, 0.3) is 0 Å². The van der Waals surface area contributed by atoms with Crippen molar-refractivity contribution in [1.29, 1.82) is 5.26 Å². The van der Waals surface area contributed by atoms with Gasteiger partial charge in [0.2, 0.25) is 0 Å². The van der Waals surface area contributed by atoms with E-state index in [2.05, 4.69) is 26.8 Å². The molecule has 3 aliphatic rings. The minimum absolute atomic E-state index is 0.174. The molecule has 3 fully saturated rings. The Balaban J connectivity index is 1.33. The van der Waals surface area contributed by atoms with E-state index < -0.39 is 23.4 Å². The molecule has 6 heterocycles. The van der Waals surface area contributed by atoms with Gasteiger partial charge in [-0.15, -0.1) is 0 Å². The van der Waals surface area contributed by atoms with Crippen molar-refractivity contribution in [2.45, 2.75) is 71.2 Å². The predicted molar refractivity (Wildman–Crippen MR) is 149 cm³/mol. The van der Waals surface area contributed by atoms with Crippen molar-refractivity contribution in [3.05, 3.63) is 42.4 Å². The molecule has 2 unspecified atom stereocenters. The summed E-state index contributed by atoms with van der Waals surface area (Å²) in [7, 11) is 0. The standard InChI is InChI=1S/C28H34N8O4/c1-27(2,3)39-25(37)32-19-9-22(24-18(11-29)13-31-35(24)14-19)17-7-8-23(30-12-17)34-15-20-10-21(16-34)36(20)33-26(38)40-28(4,5)6/h7-9,12-14,20-21H,10,15-16H2,1-6H3,(H,32,37)(H,33,38). The maximum absolute atomic E-state index is 12.4. The van der Waals surface area contributed by atoms with Crippen LogP contribution in [-0.2, 0) is 9.47 Å². The molecule has 0 spiro atoms. The third-order valence-electron chi connectivity index (χ3n) is 6.57. The van der Waals surface area contributed by atoms with Crippen LogP contribution in [0.1, 0.15) is 53.5 Å². The molecule has 0 radical (unpaired) electrons. The molecule has 3 aliphatic heterocycles. The van der Waals surface area contributed by atoms with E-state index in [1.807, 2.05) is 37.9 Å². The number of pyridine rings is 2. The second kappa shape index (κ2) is 9.98. The molecular weight excluding hydrogens is 512 g/mol. The molecular formula is C28H34N8O4. The Hall–Kier alpha value is -4.37. The third-order valence-corrected chi connectivity index (χ3v) is 6.57. The first kappa shape index (κ1) is 27.2. The number of anilines is 2. The first-order valence-corrected chi connectivity index (χ1v) is 13.2. The number of fused-ring (bicyclic) bond motifs is 3. The van der Waals surface area contributed by atoms with Crippen LogP contribution in [-0.4, -0.2) is 68.2 Å². The molecule has 0 saturated carbocycles. The third kappa shape index (κ3) is 5.79. The van der Waals surface area contributed by atoms with Gasteiger partial charge in [0, 0.05) is 42.5 Å². The normalized spacial score (nSPS) is 19.0. The van der Waals surface area contributed by atoms with Crippen molar-refractivity contribution in [3.8, 4) is 17.2 Å².